The minimum Gasteiger partial charge on any atom is -0.358 e. The van der Waals surface area contributed by atoms with E-state index in [1.165, 1.54) is 22.4 Å². The predicted molar refractivity (Wildman–Crippen MR) is 66.3 cm³/mol. The highest BCUT2D eigenvalue weighted by molar-refractivity contribution is 5.70. The first-order valence-electron chi connectivity index (χ1n) is 5.58. The van der Waals surface area contributed by atoms with Gasteiger partial charge in [-0.3, -0.25) is 0 Å². The van der Waals surface area contributed by atoms with Crippen molar-refractivity contribution in [2.45, 2.75) is 33.6 Å². The molecule has 1 aromatic rings. The number of rotatable bonds is 1. The van der Waals surface area contributed by atoms with Crippen molar-refractivity contribution in [3.05, 3.63) is 41.1 Å². The lowest BCUT2D eigenvalue weighted by Gasteiger charge is -2.16. The average molecular weight is 201 g/mol. The van der Waals surface area contributed by atoms with Gasteiger partial charge in [0.1, 0.15) is 0 Å². The van der Waals surface area contributed by atoms with E-state index in [0.29, 0.717) is 11.8 Å². The van der Waals surface area contributed by atoms with Crippen molar-refractivity contribution in [1.82, 2.24) is 0 Å². The Kier molecular flexibility index (Phi) is 2.34. The third kappa shape index (κ3) is 1.46. The largest absolute Gasteiger partial charge is 0.358 e. The molecule has 0 aliphatic carbocycles. The van der Waals surface area contributed by atoms with E-state index >= 15 is 0 Å². The van der Waals surface area contributed by atoms with Gasteiger partial charge in [-0.15, -0.1) is 0 Å². The summed E-state index contributed by atoms with van der Waals surface area (Å²) in [4.78, 5) is 0. The molecule has 80 valence electrons. The standard InChI is InChI=1S/C14H19N/c1-8(2)13-11(5)15-14-10(4)9(3)6-7-12(13)14/h6-8,13,15H,5H2,1-4H3. The SMILES string of the molecule is C=C1Nc2c(ccc(C)c2C)C1C(C)C. The number of aryl methyl sites for hydroxylation is 1. The zero-order valence-electron chi connectivity index (χ0n) is 10.0. The van der Waals surface area contributed by atoms with E-state index in [2.05, 4.69) is 51.7 Å². The zero-order chi connectivity index (χ0) is 11.2. The van der Waals surface area contributed by atoms with Gasteiger partial charge in [0.05, 0.1) is 0 Å². The van der Waals surface area contributed by atoms with Crippen molar-refractivity contribution in [3.8, 4) is 0 Å². The molecule has 0 spiro atoms. The first-order valence-corrected chi connectivity index (χ1v) is 5.58. The smallest absolute Gasteiger partial charge is 0.0453 e. The summed E-state index contributed by atoms with van der Waals surface area (Å²) in [6.45, 7) is 13.0. The lowest BCUT2D eigenvalue weighted by Crippen LogP contribution is -2.05. The maximum Gasteiger partial charge on any atom is 0.0453 e. The normalized spacial score (nSPS) is 19.3. The van der Waals surface area contributed by atoms with E-state index in [0.717, 1.165) is 5.70 Å². The maximum atomic E-state index is 4.13. The van der Waals surface area contributed by atoms with Gasteiger partial charge in [-0.05, 0) is 36.5 Å². The number of fused-ring (bicyclic) bond motifs is 1. The third-order valence-corrected chi connectivity index (χ3v) is 3.43. The molecule has 1 nitrogen and oxygen atoms in total. The Morgan fingerprint density at radius 2 is 1.93 bits per heavy atom. The van der Waals surface area contributed by atoms with Crippen LogP contribution in [0.15, 0.2) is 24.4 Å². The predicted octanol–water partition coefficient (Wildman–Crippen LogP) is 3.98. The quantitative estimate of drug-likeness (QED) is 0.724. The number of hydrogen-bond acceptors (Lipinski definition) is 1. The number of hydrogen-bond donors (Lipinski definition) is 1. The van der Waals surface area contributed by atoms with Crippen molar-refractivity contribution < 1.29 is 0 Å². The van der Waals surface area contributed by atoms with Crippen molar-refractivity contribution in [3.63, 3.8) is 0 Å². The molecule has 2 rings (SSSR count). The van der Waals surface area contributed by atoms with Gasteiger partial charge in [0, 0.05) is 17.3 Å². The third-order valence-electron chi connectivity index (χ3n) is 3.43. The first-order chi connectivity index (χ1) is 7.02. The highest BCUT2D eigenvalue weighted by atomic mass is 14.9. The fraction of sp³-hybridized carbons (Fsp3) is 0.429. The number of anilines is 1. The fourth-order valence-corrected chi connectivity index (χ4v) is 2.45. The maximum absolute atomic E-state index is 4.13. The second kappa shape index (κ2) is 3.41. The van der Waals surface area contributed by atoms with Crippen LogP contribution in [0.5, 0.6) is 0 Å². The lowest BCUT2D eigenvalue weighted by atomic mass is 9.87. The van der Waals surface area contributed by atoms with Crippen LogP contribution in [0.25, 0.3) is 0 Å². The molecule has 0 radical (unpaired) electrons. The highest BCUT2D eigenvalue weighted by Crippen LogP contribution is 2.44. The Labute approximate surface area is 92.2 Å². The molecule has 0 saturated carbocycles. The number of allylic oxidation sites excluding steroid dienone is 1. The summed E-state index contributed by atoms with van der Waals surface area (Å²) in [7, 11) is 0. The summed E-state index contributed by atoms with van der Waals surface area (Å²) in [5.74, 6) is 1.08. The van der Waals surface area contributed by atoms with Crippen LogP contribution in [0.1, 0.15) is 36.5 Å². The van der Waals surface area contributed by atoms with E-state index in [-0.39, 0.29) is 0 Å². The minimum atomic E-state index is 0.472. The molecule has 15 heavy (non-hydrogen) atoms. The van der Waals surface area contributed by atoms with Crippen LogP contribution in [0.3, 0.4) is 0 Å². The molecule has 1 heterocycles. The van der Waals surface area contributed by atoms with E-state index in [1.807, 2.05) is 0 Å². The summed E-state index contributed by atoms with van der Waals surface area (Å²) in [5.41, 5.74) is 6.56. The Balaban J connectivity index is 2.57. The molecule has 1 heteroatoms. The average Bonchev–Trinajstić information content (AvgIpc) is 2.49. The van der Waals surface area contributed by atoms with Gasteiger partial charge in [0.15, 0.2) is 0 Å². The molecule has 1 atom stereocenters. The molecular formula is C14H19N. The summed E-state index contributed by atoms with van der Waals surface area (Å²) < 4.78 is 0. The summed E-state index contributed by atoms with van der Waals surface area (Å²) in [6.07, 6.45) is 0. The van der Waals surface area contributed by atoms with Crippen LogP contribution in [0.4, 0.5) is 5.69 Å². The zero-order valence-corrected chi connectivity index (χ0v) is 10.0. The first kappa shape index (κ1) is 10.3. The second-order valence-corrected chi connectivity index (χ2v) is 4.84. The van der Waals surface area contributed by atoms with Crippen molar-refractivity contribution in [1.29, 1.82) is 0 Å². The van der Waals surface area contributed by atoms with Crippen molar-refractivity contribution in [2.75, 3.05) is 5.32 Å². The molecule has 1 aliphatic heterocycles. The second-order valence-electron chi connectivity index (χ2n) is 4.84. The van der Waals surface area contributed by atoms with E-state index in [4.69, 9.17) is 0 Å². The van der Waals surface area contributed by atoms with Gasteiger partial charge in [0.25, 0.3) is 0 Å². The Bertz CT molecular complexity index is 416. The fourth-order valence-electron chi connectivity index (χ4n) is 2.45. The van der Waals surface area contributed by atoms with Crippen molar-refractivity contribution in [2.24, 2.45) is 5.92 Å². The van der Waals surface area contributed by atoms with Gasteiger partial charge in [-0.25, -0.2) is 0 Å². The minimum absolute atomic E-state index is 0.472. The van der Waals surface area contributed by atoms with E-state index in [9.17, 15) is 0 Å². The van der Waals surface area contributed by atoms with Crippen LogP contribution >= 0.6 is 0 Å². The number of benzene rings is 1. The summed E-state index contributed by atoms with van der Waals surface area (Å²) in [5, 5.41) is 3.44. The van der Waals surface area contributed by atoms with Crippen LogP contribution < -0.4 is 5.32 Å². The molecule has 0 saturated heterocycles. The molecule has 0 bridgehead atoms. The molecule has 1 aliphatic rings. The molecule has 0 amide bonds. The van der Waals surface area contributed by atoms with Crippen LogP contribution in [-0.4, -0.2) is 0 Å². The topological polar surface area (TPSA) is 12.0 Å². The molecule has 0 aromatic heterocycles. The van der Waals surface area contributed by atoms with E-state index in [1.54, 1.807) is 0 Å². The van der Waals surface area contributed by atoms with Crippen molar-refractivity contribution >= 4 is 5.69 Å². The molecular weight excluding hydrogens is 182 g/mol. The molecule has 1 aromatic carbocycles. The number of nitrogens with one attached hydrogen (secondary N) is 1. The molecule has 1 N–H and O–H groups in total. The van der Waals surface area contributed by atoms with Crippen LogP contribution in [0, 0.1) is 19.8 Å². The van der Waals surface area contributed by atoms with Gasteiger partial charge in [-0.1, -0.05) is 32.6 Å². The monoisotopic (exact) mass is 201 g/mol. The van der Waals surface area contributed by atoms with E-state index < -0.39 is 0 Å². The lowest BCUT2D eigenvalue weighted by molar-refractivity contribution is 0.571. The van der Waals surface area contributed by atoms with Gasteiger partial charge >= 0.3 is 0 Å². The highest BCUT2D eigenvalue weighted by Gasteiger charge is 2.29. The molecule has 0 fully saturated rings. The van der Waals surface area contributed by atoms with Gasteiger partial charge < -0.3 is 5.32 Å². The molecule has 1 unspecified atom stereocenters. The summed E-state index contributed by atoms with van der Waals surface area (Å²) in [6, 6.07) is 4.46. The van der Waals surface area contributed by atoms with Gasteiger partial charge in [0.2, 0.25) is 0 Å². The van der Waals surface area contributed by atoms with Crippen LogP contribution in [0.2, 0.25) is 0 Å². The van der Waals surface area contributed by atoms with Crippen LogP contribution in [-0.2, 0) is 0 Å². The van der Waals surface area contributed by atoms with Gasteiger partial charge in [-0.2, -0.15) is 0 Å². The Morgan fingerprint density at radius 1 is 1.27 bits per heavy atom. The Morgan fingerprint density at radius 3 is 2.53 bits per heavy atom. The Hall–Kier alpha value is -1.24. The summed E-state index contributed by atoms with van der Waals surface area (Å²) >= 11 is 0.